The molecule has 2 aromatic heterocycles. The molecule has 0 aliphatic rings. The largest absolute Gasteiger partial charge is 0.497 e. The van der Waals surface area contributed by atoms with E-state index in [1.54, 1.807) is 74.9 Å². The standard InChI is InChI=1S/C24H24FN5O3S2/c1-14(2)35(32,18-8-6-17(33-5)7-9-18)30(4)23-26-11-10-20(28-23)16-12-19(25)22-21(13-16)34-24(29-22)27-15(3)31/h6-13H,1-5H3,(H,27,29,31). The fourth-order valence-corrected chi connectivity index (χ4v) is 6.67. The maximum Gasteiger partial charge on any atom is 0.237 e. The molecular weight excluding hydrogens is 489 g/mol. The average molecular weight is 514 g/mol. The van der Waals surface area contributed by atoms with E-state index in [1.807, 2.05) is 0 Å². The highest BCUT2D eigenvalue weighted by molar-refractivity contribution is 8.03. The van der Waals surface area contributed by atoms with E-state index in [1.165, 1.54) is 24.3 Å². The molecule has 1 unspecified atom stereocenters. The molecule has 1 atom stereocenters. The van der Waals surface area contributed by atoms with E-state index in [-0.39, 0.29) is 17.4 Å². The molecule has 182 valence electrons. The van der Waals surface area contributed by atoms with E-state index in [2.05, 4.69) is 20.3 Å². The first-order valence-corrected chi connectivity index (χ1v) is 12.9. The molecule has 0 aliphatic heterocycles. The third-order valence-electron chi connectivity index (χ3n) is 5.27. The number of carbonyl (C=O) groups is 1. The molecule has 1 amide bonds. The molecule has 0 saturated heterocycles. The SMILES string of the molecule is COc1ccc(S(=O)(=C(C)C)N(C)c2nccc(-c3cc(F)c4nc(NC(C)=O)sc4c3)n2)cc1. The van der Waals surface area contributed by atoms with Gasteiger partial charge in [0.2, 0.25) is 11.9 Å². The summed E-state index contributed by atoms with van der Waals surface area (Å²) in [4.78, 5) is 25.7. The van der Waals surface area contributed by atoms with E-state index in [0.29, 0.717) is 36.6 Å². The Morgan fingerprint density at radius 3 is 2.46 bits per heavy atom. The Hall–Kier alpha value is -3.57. The Balaban J connectivity index is 1.76. The number of nitrogens with one attached hydrogen (secondary N) is 1. The maximum absolute atomic E-state index is 14.8. The molecule has 0 spiro atoms. The molecule has 8 nitrogen and oxygen atoms in total. The van der Waals surface area contributed by atoms with Gasteiger partial charge in [0, 0.05) is 25.7 Å². The summed E-state index contributed by atoms with van der Waals surface area (Å²) in [5, 5.41) is 2.90. The summed E-state index contributed by atoms with van der Waals surface area (Å²) >= 11 is 1.17. The number of amides is 1. The van der Waals surface area contributed by atoms with Crippen LogP contribution in [0.4, 0.5) is 15.5 Å². The predicted molar refractivity (Wildman–Crippen MR) is 139 cm³/mol. The van der Waals surface area contributed by atoms with Gasteiger partial charge in [0.05, 0.1) is 32.1 Å². The predicted octanol–water partition coefficient (Wildman–Crippen LogP) is 4.77. The smallest absolute Gasteiger partial charge is 0.237 e. The lowest BCUT2D eigenvalue weighted by Gasteiger charge is -2.25. The number of ether oxygens (including phenoxy) is 1. The van der Waals surface area contributed by atoms with Gasteiger partial charge in [-0.3, -0.25) is 9.10 Å². The second-order valence-corrected chi connectivity index (χ2v) is 11.8. The number of carbonyl (C=O) groups excluding carboxylic acids is 1. The lowest BCUT2D eigenvalue weighted by Crippen LogP contribution is -2.32. The Morgan fingerprint density at radius 1 is 1.11 bits per heavy atom. The Morgan fingerprint density at radius 2 is 1.83 bits per heavy atom. The number of rotatable bonds is 6. The molecule has 0 saturated carbocycles. The summed E-state index contributed by atoms with van der Waals surface area (Å²) in [6.07, 6.45) is 1.55. The van der Waals surface area contributed by atoms with Crippen molar-refractivity contribution in [1.29, 1.82) is 0 Å². The number of aromatic nitrogens is 3. The summed E-state index contributed by atoms with van der Waals surface area (Å²) in [6.45, 7) is 4.96. The number of benzene rings is 2. The van der Waals surface area contributed by atoms with Crippen molar-refractivity contribution in [2.45, 2.75) is 25.7 Å². The Kier molecular flexibility index (Phi) is 6.73. The highest BCUT2D eigenvalue weighted by atomic mass is 32.2. The first-order valence-electron chi connectivity index (χ1n) is 10.6. The minimum Gasteiger partial charge on any atom is -0.497 e. The molecule has 0 fully saturated rings. The number of anilines is 2. The van der Waals surface area contributed by atoms with Gasteiger partial charge in [-0.15, -0.1) is 0 Å². The molecule has 0 radical (unpaired) electrons. The van der Waals surface area contributed by atoms with Crippen molar-refractivity contribution in [3.05, 3.63) is 54.5 Å². The van der Waals surface area contributed by atoms with Crippen molar-refractivity contribution in [2.24, 2.45) is 0 Å². The zero-order chi connectivity index (χ0) is 25.3. The van der Waals surface area contributed by atoms with Crippen LogP contribution in [0, 0.1) is 5.82 Å². The van der Waals surface area contributed by atoms with Crippen molar-refractivity contribution < 1.29 is 18.1 Å². The van der Waals surface area contributed by atoms with Crippen molar-refractivity contribution in [3.8, 4) is 17.0 Å². The minimum atomic E-state index is -2.84. The van der Waals surface area contributed by atoms with Crippen LogP contribution >= 0.6 is 11.3 Å². The molecule has 35 heavy (non-hydrogen) atoms. The van der Waals surface area contributed by atoms with E-state index < -0.39 is 15.5 Å². The van der Waals surface area contributed by atoms with Crippen LogP contribution in [0.15, 0.2) is 53.6 Å². The lowest BCUT2D eigenvalue weighted by molar-refractivity contribution is -0.114. The van der Waals surface area contributed by atoms with Gasteiger partial charge in [-0.25, -0.2) is 23.6 Å². The number of halogens is 1. The van der Waals surface area contributed by atoms with E-state index >= 15 is 0 Å². The van der Waals surface area contributed by atoms with Gasteiger partial charge in [0.25, 0.3) is 0 Å². The van der Waals surface area contributed by atoms with Crippen molar-refractivity contribution in [3.63, 3.8) is 0 Å². The third kappa shape index (κ3) is 4.69. The van der Waals surface area contributed by atoms with E-state index in [9.17, 15) is 13.4 Å². The first kappa shape index (κ1) is 24.6. The van der Waals surface area contributed by atoms with E-state index in [4.69, 9.17) is 4.74 Å². The quantitative estimate of drug-likeness (QED) is 0.373. The number of thiazole rings is 1. The number of hydrogen-bond donors (Lipinski definition) is 1. The monoisotopic (exact) mass is 513 g/mol. The fraction of sp³-hybridized carbons (Fsp3) is 0.208. The second kappa shape index (κ2) is 9.59. The summed E-state index contributed by atoms with van der Waals surface area (Å²) in [5.74, 6) is 0.0795. The fourth-order valence-electron chi connectivity index (χ4n) is 3.54. The van der Waals surface area contributed by atoms with Crippen LogP contribution in [0.5, 0.6) is 5.75 Å². The van der Waals surface area contributed by atoms with Crippen LogP contribution in [0.1, 0.15) is 20.8 Å². The van der Waals surface area contributed by atoms with Crippen molar-refractivity contribution in [2.75, 3.05) is 23.8 Å². The third-order valence-corrected chi connectivity index (χ3v) is 9.14. The molecule has 11 heteroatoms. The number of nitrogens with zero attached hydrogens (tertiary/aromatic N) is 4. The van der Waals surface area contributed by atoms with Gasteiger partial charge in [0.1, 0.15) is 11.3 Å². The summed E-state index contributed by atoms with van der Waals surface area (Å²) in [6, 6.07) is 11.8. The van der Waals surface area contributed by atoms with Crippen molar-refractivity contribution in [1.82, 2.24) is 15.0 Å². The van der Waals surface area contributed by atoms with Crippen LogP contribution < -0.4 is 14.4 Å². The molecule has 0 bridgehead atoms. The topological polar surface area (TPSA) is 97.3 Å². The number of hydrogen-bond acceptors (Lipinski definition) is 7. The highest BCUT2D eigenvalue weighted by Gasteiger charge is 2.23. The number of fused-ring (bicyclic) bond motifs is 1. The average Bonchev–Trinajstić information content (AvgIpc) is 3.25. The van der Waals surface area contributed by atoms with Gasteiger partial charge >= 0.3 is 0 Å². The molecule has 2 aromatic carbocycles. The van der Waals surface area contributed by atoms with Crippen molar-refractivity contribution >= 4 is 53.1 Å². The van der Waals surface area contributed by atoms with Crippen LogP contribution in [-0.2, 0) is 14.5 Å². The Bertz CT molecular complexity index is 1540. The van der Waals surface area contributed by atoms with Gasteiger partial charge in [-0.2, -0.15) is 0 Å². The second-order valence-electron chi connectivity index (χ2n) is 7.85. The number of methoxy groups -OCH3 is 1. The lowest BCUT2D eigenvalue weighted by atomic mass is 10.1. The summed E-state index contributed by atoms with van der Waals surface area (Å²) < 4.78 is 36.4. The minimum absolute atomic E-state index is 0.174. The Labute approximate surface area is 207 Å². The van der Waals surface area contributed by atoms with Gasteiger partial charge in [0.15, 0.2) is 10.9 Å². The normalized spacial score (nSPS) is 12.7. The van der Waals surface area contributed by atoms with Gasteiger partial charge < -0.3 is 10.1 Å². The molecule has 4 rings (SSSR count). The van der Waals surface area contributed by atoms with Crippen LogP contribution in [0.25, 0.3) is 21.5 Å². The molecule has 4 aromatic rings. The molecule has 2 heterocycles. The highest BCUT2D eigenvalue weighted by Crippen LogP contribution is 2.33. The first-order chi connectivity index (χ1) is 16.6. The van der Waals surface area contributed by atoms with Gasteiger partial charge in [-0.1, -0.05) is 11.3 Å². The molecule has 1 N–H and O–H groups in total. The molecular formula is C24H24FN5O3S2. The van der Waals surface area contributed by atoms with Gasteiger partial charge in [-0.05, 0) is 61.2 Å². The summed E-state index contributed by atoms with van der Waals surface area (Å²) in [7, 11) is 0.400. The maximum atomic E-state index is 14.8. The zero-order valence-electron chi connectivity index (χ0n) is 19.8. The van der Waals surface area contributed by atoms with Crippen LogP contribution in [0.2, 0.25) is 0 Å². The van der Waals surface area contributed by atoms with Crippen LogP contribution in [-0.4, -0.2) is 44.1 Å². The zero-order valence-corrected chi connectivity index (χ0v) is 21.5. The molecule has 0 aliphatic carbocycles. The van der Waals surface area contributed by atoms with Crippen LogP contribution in [0.3, 0.4) is 0 Å². The van der Waals surface area contributed by atoms with E-state index in [0.717, 1.165) is 0 Å². The summed E-state index contributed by atoms with van der Waals surface area (Å²) in [5.41, 5.74) is 1.15.